The first kappa shape index (κ1) is 20.0. The highest BCUT2D eigenvalue weighted by atomic mass is 16.5. The highest BCUT2D eigenvalue weighted by molar-refractivity contribution is 5.79. The Hall–Kier alpha value is -2.31. The summed E-state index contributed by atoms with van der Waals surface area (Å²) >= 11 is 0. The van der Waals surface area contributed by atoms with Gasteiger partial charge in [0.1, 0.15) is 0 Å². The van der Waals surface area contributed by atoms with Gasteiger partial charge < -0.3 is 20.3 Å². The number of hydrogen-bond donors (Lipinski definition) is 2. The minimum absolute atomic E-state index is 0.117. The van der Waals surface area contributed by atoms with E-state index in [2.05, 4.69) is 20.6 Å². The minimum Gasteiger partial charge on any atom is -0.475 e. The van der Waals surface area contributed by atoms with Crippen LogP contribution < -0.4 is 15.4 Å². The number of ether oxygens (including phenoxy) is 1. The third-order valence-electron chi connectivity index (χ3n) is 3.99. The average molecular weight is 361 g/mol. The van der Waals surface area contributed by atoms with Crippen molar-refractivity contribution in [3.8, 4) is 5.88 Å². The molecule has 2 heterocycles. The van der Waals surface area contributed by atoms with Gasteiger partial charge in [-0.2, -0.15) is 0 Å². The van der Waals surface area contributed by atoms with Gasteiger partial charge >= 0.3 is 0 Å². The minimum atomic E-state index is 0.117. The first-order valence-corrected chi connectivity index (χ1v) is 9.50. The zero-order valence-electron chi connectivity index (χ0n) is 16.1. The zero-order valence-corrected chi connectivity index (χ0v) is 16.1. The Bertz CT molecular complexity index is 586. The lowest BCUT2D eigenvalue weighted by Crippen LogP contribution is -2.39. The van der Waals surface area contributed by atoms with E-state index in [0.717, 1.165) is 50.5 Å². The van der Waals surface area contributed by atoms with Crippen LogP contribution in [0.2, 0.25) is 0 Å². The molecule has 26 heavy (non-hydrogen) atoms. The molecule has 2 N–H and O–H groups in total. The molecule has 0 radical (unpaired) electrons. The van der Waals surface area contributed by atoms with E-state index in [1.54, 1.807) is 6.20 Å². The number of amides is 1. The summed E-state index contributed by atoms with van der Waals surface area (Å²) in [6, 6.07) is 3.86. The van der Waals surface area contributed by atoms with Crippen molar-refractivity contribution in [2.45, 2.75) is 52.7 Å². The van der Waals surface area contributed by atoms with Gasteiger partial charge in [0.15, 0.2) is 5.96 Å². The summed E-state index contributed by atoms with van der Waals surface area (Å²) in [5.74, 6) is 1.69. The molecule has 7 heteroatoms. The van der Waals surface area contributed by atoms with Crippen LogP contribution in [0.25, 0.3) is 0 Å². The second kappa shape index (κ2) is 10.6. The number of nitrogens with one attached hydrogen (secondary N) is 2. The summed E-state index contributed by atoms with van der Waals surface area (Å²) < 4.78 is 5.55. The molecular formula is C19H31N5O2. The summed E-state index contributed by atoms with van der Waals surface area (Å²) in [5.41, 5.74) is 1.03. The van der Waals surface area contributed by atoms with Gasteiger partial charge in [-0.3, -0.25) is 4.79 Å². The smallest absolute Gasteiger partial charge is 0.222 e. The summed E-state index contributed by atoms with van der Waals surface area (Å²) in [6.07, 6.45) is 4.52. The molecule has 2 rings (SSSR count). The number of carbonyl (C=O) groups is 1. The SMILES string of the molecule is CCNC(=NCc1ccc(OC(C)C)nc1)NCCCN1CCCC1=O. The highest BCUT2D eigenvalue weighted by Crippen LogP contribution is 2.10. The van der Waals surface area contributed by atoms with Crippen LogP contribution in [0.15, 0.2) is 23.3 Å². The molecule has 1 amide bonds. The number of likely N-dealkylation sites (tertiary alicyclic amines) is 1. The molecule has 0 spiro atoms. The van der Waals surface area contributed by atoms with Gasteiger partial charge in [0.05, 0.1) is 12.6 Å². The topological polar surface area (TPSA) is 78.9 Å². The van der Waals surface area contributed by atoms with E-state index in [-0.39, 0.29) is 12.0 Å². The molecule has 0 aromatic carbocycles. The third kappa shape index (κ3) is 6.90. The Labute approximate surface area is 156 Å². The molecule has 1 aliphatic heterocycles. The Balaban J connectivity index is 1.77. The predicted molar refractivity (Wildman–Crippen MR) is 103 cm³/mol. The van der Waals surface area contributed by atoms with Gasteiger partial charge in [0, 0.05) is 44.9 Å². The monoisotopic (exact) mass is 361 g/mol. The van der Waals surface area contributed by atoms with Crippen LogP contribution in [0.3, 0.4) is 0 Å². The van der Waals surface area contributed by atoms with Crippen molar-refractivity contribution in [2.75, 3.05) is 26.2 Å². The van der Waals surface area contributed by atoms with Crippen molar-refractivity contribution in [3.05, 3.63) is 23.9 Å². The Kier molecular flexibility index (Phi) is 8.18. The Morgan fingerprint density at radius 1 is 1.38 bits per heavy atom. The average Bonchev–Trinajstić information content (AvgIpc) is 3.02. The maximum Gasteiger partial charge on any atom is 0.222 e. The van der Waals surface area contributed by atoms with E-state index >= 15 is 0 Å². The number of nitrogens with zero attached hydrogens (tertiary/aromatic N) is 3. The quantitative estimate of drug-likeness (QED) is 0.399. The largest absolute Gasteiger partial charge is 0.475 e. The van der Waals surface area contributed by atoms with Gasteiger partial charge in [-0.05, 0) is 39.2 Å². The number of pyridine rings is 1. The first-order chi connectivity index (χ1) is 12.6. The fourth-order valence-electron chi connectivity index (χ4n) is 2.74. The normalized spacial score (nSPS) is 14.8. The summed E-state index contributed by atoms with van der Waals surface area (Å²) in [5, 5.41) is 6.56. The number of guanidine groups is 1. The molecule has 1 aliphatic rings. The summed E-state index contributed by atoms with van der Waals surface area (Å²) in [6.45, 7) is 9.85. The summed E-state index contributed by atoms with van der Waals surface area (Å²) in [7, 11) is 0. The molecule has 0 atom stereocenters. The molecule has 0 saturated carbocycles. The van der Waals surface area contributed by atoms with Crippen LogP contribution in [0, 0.1) is 0 Å². The lowest BCUT2D eigenvalue weighted by atomic mass is 10.3. The maximum atomic E-state index is 11.6. The van der Waals surface area contributed by atoms with E-state index in [0.29, 0.717) is 18.8 Å². The second-order valence-corrected chi connectivity index (χ2v) is 6.63. The first-order valence-electron chi connectivity index (χ1n) is 9.50. The van der Waals surface area contributed by atoms with Crippen LogP contribution in [-0.4, -0.2) is 54.0 Å². The molecule has 1 saturated heterocycles. The molecule has 144 valence electrons. The molecule has 7 nitrogen and oxygen atoms in total. The fourth-order valence-corrected chi connectivity index (χ4v) is 2.74. The highest BCUT2D eigenvalue weighted by Gasteiger charge is 2.18. The van der Waals surface area contributed by atoms with Gasteiger partial charge in [-0.15, -0.1) is 0 Å². The second-order valence-electron chi connectivity index (χ2n) is 6.63. The van der Waals surface area contributed by atoms with Crippen molar-refractivity contribution in [1.82, 2.24) is 20.5 Å². The van der Waals surface area contributed by atoms with E-state index < -0.39 is 0 Å². The van der Waals surface area contributed by atoms with Crippen LogP contribution >= 0.6 is 0 Å². The maximum absolute atomic E-state index is 11.6. The van der Waals surface area contributed by atoms with Crippen LogP contribution in [0.4, 0.5) is 0 Å². The molecular weight excluding hydrogens is 330 g/mol. The molecule has 0 bridgehead atoms. The van der Waals surface area contributed by atoms with E-state index in [4.69, 9.17) is 4.74 Å². The molecule has 0 unspecified atom stereocenters. The van der Waals surface area contributed by atoms with Crippen molar-refractivity contribution in [2.24, 2.45) is 4.99 Å². The van der Waals surface area contributed by atoms with Gasteiger partial charge in [0.25, 0.3) is 0 Å². The third-order valence-corrected chi connectivity index (χ3v) is 3.99. The Morgan fingerprint density at radius 3 is 2.85 bits per heavy atom. The van der Waals surface area contributed by atoms with Gasteiger partial charge in [0.2, 0.25) is 11.8 Å². The van der Waals surface area contributed by atoms with Crippen LogP contribution in [0.5, 0.6) is 5.88 Å². The van der Waals surface area contributed by atoms with Crippen molar-refractivity contribution < 1.29 is 9.53 Å². The number of aromatic nitrogens is 1. The van der Waals surface area contributed by atoms with Gasteiger partial charge in [-0.1, -0.05) is 6.07 Å². The van der Waals surface area contributed by atoms with E-state index in [9.17, 15) is 4.79 Å². The predicted octanol–water partition coefficient (Wildman–Crippen LogP) is 1.94. The number of carbonyl (C=O) groups excluding carboxylic acids is 1. The lowest BCUT2D eigenvalue weighted by molar-refractivity contribution is -0.127. The van der Waals surface area contributed by atoms with Gasteiger partial charge in [-0.25, -0.2) is 9.98 Å². The number of aliphatic imine (C=N–C) groups is 1. The fraction of sp³-hybridized carbons (Fsp3) is 0.632. The van der Waals surface area contributed by atoms with E-state index in [1.807, 2.05) is 37.8 Å². The number of hydrogen-bond acceptors (Lipinski definition) is 4. The van der Waals surface area contributed by atoms with Crippen molar-refractivity contribution in [3.63, 3.8) is 0 Å². The number of rotatable bonds is 9. The van der Waals surface area contributed by atoms with Crippen LogP contribution in [0.1, 0.15) is 45.6 Å². The van der Waals surface area contributed by atoms with E-state index in [1.165, 1.54) is 0 Å². The lowest BCUT2D eigenvalue weighted by Gasteiger charge is -2.16. The molecule has 0 aliphatic carbocycles. The van der Waals surface area contributed by atoms with Crippen molar-refractivity contribution in [1.29, 1.82) is 0 Å². The summed E-state index contributed by atoms with van der Waals surface area (Å²) in [4.78, 5) is 22.4. The Morgan fingerprint density at radius 2 is 2.23 bits per heavy atom. The zero-order chi connectivity index (χ0) is 18.8. The molecule has 1 fully saturated rings. The standard InChI is InChI=1S/C19H31N5O2/c1-4-20-19(21-10-6-12-24-11-5-7-18(24)25)23-14-16-8-9-17(22-13-16)26-15(2)3/h8-9,13,15H,4-7,10-12,14H2,1-3H3,(H2,20,21,23). The molecule has 1 aromatic heterocycles. The molecule has 1 aromatic rings. The van der Waals surface area contributed by atoms with Crippen LogP contribution in [-0.2, 0) is 11.3 Å². The van der Waals surface area contributed by atoms with Crippen molar-refractivity contribution >= 4 is 11.9 Å².